The van der Waals surface area contributed by atoms with Crippen molar-refractivity contribution < 1.29 is 17.9 Å². The van der Waals surface area contributed by atoms with Crippen LogP contribution in [0.5, 0.6) is 0 Å². The Bertz CT molecular complexity index is 245. The van der Waals surface area contributed by atoms with Crippen LogP contribution in [0.4, 0.5) is 13.2 Å². The van der Waals surface area contributed by atoms with Crippen LogP contribution in [0.15, 0.2) is 0 Å². The van der Waals surface area contributed by atoms with Crippen LogP contribution in [-0.2, 0) is 4.74 Å². The zero-order chi connectivity index (χ0) is 12.3. The summed E-state index contributed by atoms with van der Waals surface area (Å²) >= 11 is 0. The number of nitrogens with two attached hydrogens (primary N) is 1. The van der Waals surface area contributed by atoms with Gasteiger partial charge in [0.05, 0.1) is 12.2 Å². The van der Waals surface area contributed by atoms with Crippen molar-refractivity contribution in [3.8, 4) is 6.07 Å². The van der Waals surface area contributed by atoms with Crippen LogP contribution in [0.1, 0.15) is 27.2 Å². The van der Waals surface area contributed by atoms with Gasteiger partial charge in [0.15, 0.2) is 6.10 Å². The Balaban J connectivity index is 4.17. The van der Waals surface area contributed by atoms with Gasteiger partial charge in [0.25, 0.3) is 0 Å². The van der Waals surface area contributed by atoms with E-state index >= 15 is 0 Å². The third-order valence-corrected chi connectivity index (χ3v) is 1.86. The van der Waals surface area contributed by atoms with Crippen molar-refractivity contribution in [2.24, 2.45) is 5.73 Å². The summed E-state index contributed by atoms with van der Waals surface area (Å²) in [5, 5.41) is 8.58. The predicted molar refractivity (Wildman–Crippen MR) is 48.9 cm³/mol. The predicted octanol–water partition coefficient (Wildman–Crippen LogP) is 1.97. The molecule has 2 N–H and O–H groups in total. The third-order valence-electron chi connectivity index (χ3n) is 1.86. The minimum absolute atomic E-state index is 0.0594. The van der Waals surface area contributed by atoms with Crippen molar-refractivity contribution in [3.05, 3.63) is 0 Å². The maximum atomic E-state index is 12.1. The van der Waals surface area contributed by atoms with Crippen LogP contribution in [-0.4, -0.2) is 23.9 Å². The molecule has 15 heavy (non-hydrogen) atoms. The van der Waals surface area contributed by atoms with Gasteiger partial charge < -0.3 is 10.5 Å². The van der Waals surface area contributed by atoms with E-state index in [0.717, 1.165) is 6.92 Å². The molecule has 3 atom stereocenters. The van der Waals surface area contributed by atoms with Crippen molar-refractivity contribution in [1.29, 1.82) is 5.26 Å². The van der Waals surface area contributed by atoms with Gasteiger partial charge in [-0.25, -0.2) is 0 Å². The molecule has 0 spiro atoms. The Morgan fingerprint density at radius 3 is 2.20 bits per heavy atom. The van der Waals surface area contributed by atoms with Gasteiger partial charge in [-0.3, -0.25) is 0 Å². The average Bonchev–Trinajstić information content (AvgIpc) is 2.01. The van der Waals surface area contributed by atoms with Crippen molar-refractivity contribution in [2.75, 3.05) is 0 Å². The van der Waals surface area contributed by atoms with Gasteiger partial charge in [0, 0.05) is 6.42 Å². The SMILES string of the molecule is CC(CC(C)(N)C#N)OC(C)C(F)(F)F. The molecule has 0 aliphatic heterocycles. The van der Waals surface area contributed by atoms with Gasteiger partial charge in [-0.15, -0.1) is 0 Å². The molecule has 3 unspecified atom stereocenters. The van der Waals surface area contributed by atoms with E-state index in [9.17, 15) is 13.2 Å². The quantitative estimate of drug-likeness (QED) is 0.794. The van der Waals surface area contributed by atoms with Crippen LogP contribution in [0.2, 0.25) is 0 Å². The second-order valence-corrected chi connectivity index (χ2v) is 3.86. The van der Waals surface area contributed by atoms with E-state index in [1.165, 1.54) is 13.8 Å². The van der Waals surface area contributed by atoms with E-state index in [1.807, 2.05) is 0 Å². The van der Waals surface area contributed by atoms with Crippen LogP contribution >= 0.6 is 0 Å². The second kappa shape index (κ2) is 4.81. The zero-order valence-electron chi connectivity index (χ0n) is 8.93. The van der Waals surface area contributed by atoms with Crippen molar-refractivity contribution >= 4 is 0 Å². The Morgan fingerprint density at radius 1 is 1.40 bits per heavy atom. The first-order chi connectivity index (χ1) is 6.58. The summed E-state index contributed by atoms with van der Waals surface area (Å²) in [7, 11) is 0. The standard InChI is InChI=1S/C9H15F3N2O/c1-6(4-8(3,14)5-13)15-7(2)9(10,11)12/h6-7H,4,14H2,1-3H3. The number of rotatable bonds is 4. The lowest BCUT2D eigenvalue weighted by Gasteiger charge is -2.25. The Kier molecular flexibility index (Phi) is 4.56. The zero-order valence-corrected chi connectivity index (χ0v) is 8.93. The number of alkyl halides is 3. The maximum absolute atomic E-state index is 12.1. The summed E-state index contributed by atoms with van der Waals surface area (Å²) in [6.07, 6.45) is -6.88. The van der Waals surface area contributed by atoms with Crippen LogP contribution in [0.3, 0.4) is 0 Å². The molecule has 3 nitrogen and oxygen atoms in total. The van der Waals surface area contributed by atoms with Gasteiger partial charge >= 0.3 is 6.18 Å². The second-order valence-electron chi connectivity index (χ2n) is 3.86. The van der Waals surface area contributed by atoms with Gasteiger partial charge in [-0.05, 0) is 20.8 Å². The van der Waals surface area contributed by atoms with Crippen molar-refractivity contribution in [1.82, 2.24) is 0 Å². The van der Waals surface area contributed by atoms with Crippen molar-refractivity contribution in [3.63, 3.8) is 0 Å². The third kappa shape index (κ3) is 5.60. The monoisotopic (exact) mass is 224 g/mol. The van der Waals surface area contributed by atoms with E-state index in [0.29, 0.717) is 0 Å². The smallest absolute Gasteiger partial charge is 0.366 e. The number of nitriles is 1. The summed E-state index contributed by atoms with van der Waals surface area (Å²) in [6.45, 7) is 3.84. The lowest BCUT2D eigenvalue weighted by Crippen LogP contribution is -2.40. The van der Waals surface area contributed by atoms with E-state index in [1.54, 1.807) is 6.07 Å². The van der Waals surface area contributed by atoms with E-state index in [2.05, 4.69) is 0 Å². The lowest BCUT2D eigenvalue weighted by molar-refractivity contribution is -0.226. The average molecular weight is 224 g/mol. The molecule has 0 aliphatic carbocycles. The number of nitrogens with zero attached hydrogens (tertiary/aromatic N) is 1. The topological polar surface area (TPSA) is 59.0 Å². The highest BCUT2D eigenvalue weighted by atomic mass is 19.4. The summed E-state index contributed by atoms with van der Waals surface area (Å²) in [5.41, 5.74) is 4.32. The largest absolute Gasteiger partial charge is 0.414 e. The Labute approximate surface area is 87.0 Å². The highest BCUT2D eigenvalue weighted by Gasteiger charge is 2.38. The van der Waals surface area contributed by atoms with E-state index < -0.39 is 23.9 Å². The minimum Gasteiger partial charge on any atom is -0.366 e. The summed E-state index contributed by atoms with van der Waals surface area (Å²) in [6, 6.07) is 1.80. The molecule has 0 fully saturated rings. The van der Waals surface area contributed by atoms with E-state index in [4.69, 9.17) is 15.7 Å². The molecule has 0 bridgehead atoms. The maximum Gasteiger partial charge on any atom is 0.414 e. The molecule has 88 valence electrons. The van der Waals surface area contributed by atoms with E-state index in [-0.39, 0.29) is 6.42 Å². The highest BCUT2D eigenvalue weighted by molar-refractivity contribution is 5.01. The first kappa shape index (κ1) is 14.2. The fourth-order valence-corrected chi connectivity index (χ4v) is 1.12. The molecule has 0 saturated heterocycles. The molecule has 0 heterocycles. The Morgan fingerprint density at radius 2 is 1.87 bits per heavy atom. The summed E-state index contributed by atoms with van der Waals surface area (Å²) in [5.74, 6) is 0. The van der Waals surface area contributed by atoms with Gasteiger partial charge in [0.1, 0.15) is 5.54 Å². The number of hydrogen-bond donors (Lipinski definition) is 1. The molecule has 0 aliphatic rings. The summed E-state index contributed by atoms with van der Waals surface area (Å²) < 4.78 is 41.0. The number of hydrogen-bond acceptors (Lipinski definition) is 3. The molecule has 0 rings (SSSR count). The van der Waals surface area contributed by atoms with Crippen LogP contribution < -0.4 is 5.73 Å². The molecule has 0 saturated carbocycles. The number of ether oxygens (including phenoxy) is 1. The molecular formula is C9H15F3N2O. The molecule has 6 heteroatoms. The minimum atomic E-state index is -4.38. The molecule has 0 aromatic carbocycles. The molecule has 0 amide bonds. The fourth-order valence-electron chi connectivity index (χ4n) is 1.12. The van der Waals surface area contributed by atoms with Crippen LogP contribution in [0, 0.1) is 11.3 Å². The highest BCUT2D eigenvalue weighted by Crippen LogP contribution is 2.24. The van der Waals surface area contributed by atoms with Gasteiger partial charge in [0.2, 0.25) is 0 Å². The van der Waals surface area contributed by atoms with Crippen molar-refractivity contribution in [2.45, 2.75) is 51.1 Å². The molecule has 0 aromatic rings. The summed E-state index contributed by atoms with van der Waals surface area (Å²) in [4.78, 5) is 0. The Hall–Kier alpha value is -0.800. The van der Waals surface area contributed by atoms with Gasteiger partial charge in [-0.1, -0.05) is 0 Å². The first-order valence-electron chi connectivity index (χ1n) is 4.51. The van der Waals surface area contributed by atoms with Crippen LogP contribution in [0.25, 0.3) is 0 Å². The molecular weight excluding hydrogens is 209 g/mol. The fraction of sp³-hybridized carbons (Fsp3) is 0.889. The van der Waals surface area contributed by atoms with Gasteiger partial charge in [-0.2, -0.15) is 18.4 Å². The number of halogens is 3. The lowest BCUT2D eigenvalue weighted by atomic mass is 9.98. The molecule has 0 radical (unpaired) electrons. The normalized spacial score (nSPS) is 20.1. The first-order valence-corrected chi connectivity index (χ1v) is 4.51. The molecule has 0 aromatic heterocycles.